The van der Waals surface area contributed by atoms with E-state index in [1.807, 2.05) is 0 Å². The molecule has 1 aliphatic rings. The summed E-state index contributed by atoms with van der Waals surface area (Å²) >= 11 is 4.71. The van der Waals surface area contributed by atoms with Crippen LogP contribution in [0.15, 0.2) is 21.5 Å². The topological polar surface area (TPSA) is 85.1 Å². The number of thiazole rings is 1. The first-order chi connectivity index (χ1) is 9.87. The van der Waals surface area contributed by atoms with Crippen molar-refractivity contribution in [2.75, 3.05) is 10.5 Å². The lowest BCUT2D eigenvalue weighted by molar-refractivity contribution is 0.600. The molecule has 0 radical (unpaired) electrons. The molecule has 0 fully saturated rings. The minimum absolute atomic E-state index is 0.179. The third kappa shape index (κ3) is 2.79. The van der Waals surface area contributed by atoms with Crippen LogP contribution in [0.3, 0.4) is 0 Å². The molecule has 1 heterocycles. The summed E-state index contributed by atoms with van der Waals surface area (Å²) in [5.74, 6) is 0. The lowest BCUT2D eigenvalue weighted by atomic mass is 10.2. The van der Waals surface area contributed by atoms with Gasteiger partial charge in [-0.05, 0) is 59.8 Å². The van der Waals surface area contributed by atoms with Crippen molar-refractivity contribution in [3.63, 3.8) is 0 Å². The van der Waals surface area contributed by atoms with Crippen LogP contribution in [0.2, 0.25) is 0 Å². The number of hydrogen-bond acceptors (Lipinski definition) is 5. The van der Waals surface area contributed by atoms with E-state index in [1.165, 1.54) is 22.3 Å². The van der Waals surface area contributed by atoms with E-state index in [0.29, 0.717) is 20.9 Å². The Hall–Kier alpha value is -1.12. The van der Waals surface area contributed by atoms with Gasteiger partial charge >= 0.3 is 0 Å². The van der Waals surface area contributed by atoms with Gasteiger partial charge in [-0.2, -0.15) is 0 Å². The summed E-state index contributed by atoms with van der Waals surface area (Å²) in [6, 6.07) is 3.16. The Labute approximate surface area is 135 Å². The molecule has 3 rings (SSSR count). The smallest absolute Gasteiger partial charge is 0.264 e. The zero-order valence-electron chi connectivity index (χ0n) is 11.3. The lowest BCUT2D eigenvalue weighted by Crippen LogP contribution is -2.14. The Balaban J connectivity index is 1.95. The van der Waals surface area contributed by atoms with Gasteiger partial charge in [0.15, 0.2) is 5.13 Å². The predicted octanol–water partition coefficient (Wildman–Crippen LogP) is 3.09. The van der Waals surface area contributed by atoms with Crippen molar-refractivity contribution in [1.82, 2.24) is 4.98 Å². The minimum atomic E-state index is -3.67. The molecule has 3 N–H and O–H groups in total. The molecule has 0 spiro atoms. The van der Waals surface area contributed by atoms with Crippen molar-refractivity contribution in [2.24, 2.45) is 0 Å². The van der Waals surface area contributed by atoms with Gasteiger partial charge in [-0.25, -0.2) is 13.4 Å². The fourth-order valence-electron chi connectivity index (χ4n) is 2.36. The van der Waals surface area contributed by atoms with Gasteiger partial charge < -0.3 is 5.73 Å². The van der Waals surface area contributed by atoms with E-state index in [0.717, 1.165) is 25.0 Å². The van der Waals surface area contributed by atoms with Gasteiger partial charge in [-0.15, -0.1) is 11.3 Å². The number of nitrogens with zero attached hydrogens (tertiary/aromatic N) is 1. The van der Waals surface area contributed by atoms with Gasteiger partial charge in [0.1, 0.15) is 0 Å². The SMILES string of the molecule is Cc1cc(Br)c(N)cc1S(=O)(=O)Nc1nc2c(s1)CCC2. The molecule has 0 saturated heterocycles. The van der Waals surface area contributed by atoms with Crippen molar-refractivity contribution in [3.05, 3.63) is 32.7 Å². The minimum Gasteiger partial charge on any atom is -0.398 e. The number of nitrogens with one attached hydrogen (secondary N) is 1. The van der Waals surface area contributed by atoms with Crippen LogP contribution in [0, 0.1) is 6.92 Å². The lowest BCUT2D eigenvalue weighted by Gasteiger charge is -2.10. The van der Waals surface area contributed by atoms with Crippen LogP contribution in [0.25, 0.3) is 0 Å². The summed E-state index contributed by atoms with van der Waals surface area (Å²) in [7, 11) is -3.67. The molecule has 5 nitrogen and oxygen atoms in total. The van der Waals surface area contributed by atoms with E-state index in [2.05, 4.69) is 25.6 Å². The highest BCUT2D eigenvalue weighted by atomic mass is 79.9. The van der Waals surface area contributed by atoms with Gasteiger partial charge in [0.25, 0.3) is 10.0 Å². The molecule has 1 aliphatic carbocycles. The number of nitrogens with two attached hydrogens (primary N) is 1. The van der Waals surface area contributed by atoms with Crippen LogP contribution >= 0.6 is 27.3 Å². The third-order valence-corrected chi connectivity index (χ3v) is 6.77. The average Bonchev–Trinajstić information content (AvgIpc) is 2.93. The summed E-state index contributed by atoms with van der Waals surface area (Å²) in [6.07, 6.45) is 3.01. The number of rotatable bonds is 3. The first-order valence-corrected chi connectivity index (χ1v) is 9.53. The van der Waals surface area contributed by atoms with Crippen LogP contribution < -0.4 is 10.5 Å². The molecule has 2 aromatic rings. The number of sulfonamides is 1. The Morgan fingerprint density at radius 2 is 2.14 bits per heavy atom. The second-order valence-electron chi connectivity index (χ2n) is 4.99. The number of aromatic nitrogens is 1. The average molecular weight is 388 g/mol. The molecule has 0 unspecified atom stereocenters. The highest BCUT2D eigenvalue weighted by molar-refractivity contribution is 9.10. The number of anilines is 2. The molecule has 0 saturated carbocycles. The fourth-order valence-corrected chi connectivity index (χ4v) is 5.37. The van der Waals surface area contributed by atoms with E-state index in [-0.39, 0.29) is 4.90 Å². The van der Waals surface area contributed by atoms with Crippen molar-refractivity contribution in [1.29, 1.82) is 0 Å². The summed E-state index contributed by atoms with van der Waals surface area (Å²) in [4.78, 5) is 5.72. The highest BCUT2D eigenvalue weighted by Crippen LogP contribution is 2.33. The molecule has 21 heavy (non-hydrogen) atoms. The molecule has 0 amide bonds. The standard InChI is InChI=1S/C13H14BrN3O2S2/c1-7-5-8(14)9(15)6-12(7)21(18,19)17-13-16-10-3-2-4-11(10)20-13/h5-6H,2-4,15H2,1H3,(H,16,17). The van der Waals surface area contributed by atoms with Crippen molar-refractivity contribution < 1.29 is 8.42 Å². The largest absolute Gasteiger partial charge is 0.398 e. The molecular formula is C13H14BrN3O2S2. The molecule has 1 aromatic carbocycles. The van der Waals surface area contributed by atoms with Crippen LogP contribution in [-0.4, -0.2) is 13.4 Å². The van der Waals surface area contributed by atoms with Gasteiger partial charge in [0, 0.05) is 15.0 Å². The molecule has 0 atom stereocenters. The third-order valence-electron chi connectivity index (χ3n) is 3.40. The maximum absolute atomic E-state index is 12.5. The monoisotopic (exact) mass is 387 g/mol. The van der Waals surface area contributed by atoms with E-state index < -0.39 is 10.0 Å². The first kappa shape index (κ1) is 14.8. The Morgan fingerprint density at radius 3 is 2.86 bits per heavy atom. The number of halogens is 1. The molecule has 0 bridgehead atoms. The van der Waals surface area contributed by atoms with Crippen LogP contribution in [0.1, 0.15) is 22.6 Å². The normalized spacial score (nSPS) is 14.2. The van der Waals surface area contributed by atoms with Crippen LogP contribution in [-0.2, 0) is 22.9 Å². The number of fused-ring (bicyclic) bond motifs is 1. The second kappa shape index (κ2) is 5.26. The van der Waals surface area contributed by atoms with E-state index in [4.69, 9.17) is 5.73 Å². The quantitative estimate of drug-likeness (QED) is 0.792. The number of benzene rings is 1. The van der Waals surface area contributed by atoms with Crippen molar-refractivity contribution in [2.45, 2.75) is 31.1 Å². The van der Waals surface area contributed by atoms with Crippen molar-refractivity contribution >= 4 is 48.1 Å². The molecule has 112 valence electrons. The van der Waals surface area contributed by atoms with Gasteiger partial charge in [0.05, 0.1) is 10.6 Å². The predicted molar refractivity (Wildman–Crippen MR) is 88.2 cm³/mol. The van der Waals surface area contributed by atoms with Crippen LogP contribution in [0.4, 0.5) is 10.8 Å². The molecule has 1 aromatic heterocycles. The Kier molecular flexibility index (Phi) is 3.71. The summed E-state index contributed by atoms with van der Waals surface area (Å²) in [5, 5.41) is 0.431. The summed E-state index contributed by atoms with van der Waals surface area (Å²) in [6.45, 7) is 1.74. The highest BCUT2D eigenvalue weighted by Gasteiger charge is 2.23. The van der Waals surface area contributed by atoms with Crippen molar-refractivity contribution in [3.8, 4) is 0 Å². The second-order valence-corrected chi connectivity index (χ2v) is 8.58. The Morgan fingerprint density at radius 1 is 1.38 bits per heavy atom. The van der Waals surface area contributed by atoms with E-state index in [9.17, 15) is 8.42 Å². The summed E-state index contributed by atoms with van der Waals surface area (Å²) < 4.78 is 28.2. The first-order valence-electron chi connectivity index (χ1n) is 6.44. The maximum Gasteiger partial charge on any atom is 0.264 e. The Bertz CT molecular complexity index is 794. The number of nitrogen functional groups attached to an aromatic ring is 1. The number of aryl methyl sites for hydroxylation is 3. The van der Waals surface area contributed by atoms with Gasteiger partial charge in [-0.3, -0.25) is 4.72 Å². The van der Waals surface area contributed by atoms with E-state index >= 15 is 0 Å². The van der Waals surface area contributed by atoms with E-state index in [1.54, 1.807) is 13.0 Å². The van der Waals surface area contributed by atoms with Gasteiger partial charge in [0.2, 0.25) is 0 Å². The van der Waals surface area contributed by atoms with Crippen LogP contribution in [0.5, 0.6) is 0 Å². The maximum atomic E-state index is 12.5. The zero-order valence-corrected chi connectivity index (χ0v) is 14.5. The zero-order chi connectivity index (χ0) is 15.2. The summed E-state index contributed by atoms with van der Waals surface area (Å²) in [5.41, 5.74) is 7.83. The molecule has 0 aliphatic heterocycles. The number of hydrogen-bond donors (Lipinski definition) is 2. The van der Waals surface area contributed by atoms with Gasteiger partial charge in [-0.1, -0.05) is 0 Å². The molecular weight excluding hydrogens is 374 g/mol. The molecule has 8 heteroatoms. The fraction of sp³-hybridized carbons (Fsp3) is 0.308.